The third kappa shape index (κ3) is 2.44. The zero-order valence-electron chi connectivity index (χ0n) is 14.4. The topological polar surface area (TPSA) is 105 Å². The fourth-order valence-corrected chi connectivity index (χ4v) is 4.02. The molecule has 1 aromatic carbocycles. The number of carbonyl (C=O) groups excluding carboxylic acids is 2. The molecule has 8 nitrogen and oxygen atoms in total. The molecule has 3 aliphatic rings. The van der Waals surface area contributed by atoms with Crippen molar-refractivity contribution >= 4 is 23.5 Å². The van der Waals surface area contributed by atoms with E-state index in [1.165, 1.54) is 0 Å². The maximum atomic E-state index is 13.1. The molecule has 2 saturated heterocycles. The first-order valence-electron chi connectivity index (χ1n) is 8.63. The number of amides is 2. The first kappa shape index (κ1) is 16.8. The van der Waals surface area contributed by atoms with Crippen molar-refractivity contribution in [3.05, 3.63) is 23.8 Å². The van der Waals surface area contributed by atoms with Gasteiger partial charge in [-0.05, 0) is 25.5 Å². The summed E-state index contributed by atoms with van der Waals surface area (Å²) < 4.78 is 11.1. The number of benzene rings is 1. The molecule has 3 heterocycles. The van der Waals surface area contributed by atoms with Crippen LogP contribution in [0.1, 0.15) is 23.7 Å². The van der Waals surface area contributed by atoms with Gasteiger partial charge in [-0.25, -0.2) is 0 Å². The number of carboxylic acid groups (broad SMARTS) is 1. The molecule has 0 spiro atoms. The second-order valence-electron chi connectivity index (χ2n) is 7.10. The molecule has 0 radical (unpaired) electrons. The minimum absolute atomic E-state index is 0.154. The molecule has 0 aromatic heterocycles. The van der Waals surface area contributed by atoms with Gasteiger partial charge in [0.05, 0.1) is 23.3 Å². The average molecular weight is 360 g/mol. The molecule has 2 fully saturated rings. The molecule has 3 aliphatic heterocycles. The number of likely N-dealkylation sites (tertiary alicyclic amines) is 1. The summed E-state index contributed by atoms with van der Waals surface area (Å²) in [6.45, 7) is 2.82. The fraction of sp³-hybridized carbons (Fsp3) is 0.500. The number of carboxylic acids is 1. The minimum Gasteiger partial charge on any atom is -0.481 e. The van der Waals surface area contributed by atoms with Gasteiger partial charge in [0, 0.05) is 25.6 Å². The van der Waals surface area contributed by atoms with Crippen molar-refractivity contribution in [3.8, 4) is 5.75 Å². The average Bonchev–Trinajstić information content (AvgIpc) is 3.03. The van der Waals surface area contributed by atoms with Crippen molar-refractivity contribution in [1.29, 1.82) is 0 Å². The molecule has 2 amide bonds. The molecule has 3 atom stereocenters. The van der Waals surface area contributed by atoms with Gasteiger partial charge < -0.3 is 24.8 Å². The minimum atomic E-state index is -0.953. The highest BCUT2D eigenvalue weighted by Crippen LogP contribution is 2.44. The summed E-state index contributed by atoms with van der Waals surface area (Å²) in [6.07, 6.45) is -0.302. The Kier molecular flexibility index (Phi) is 3.87. The van der Waals surface area contributed by atoms with Crippen molar-refractivity contribution in [1.82, 2.24) is 4.90 Å². The van der Waals surface area contributed by atoms with Gasteiger partial charge in [-0.3, -0.25) is 14.4 Å². The van der Waals surface area contributed by atoms with E-state index in [1.54, 1.807) is 30.0 Å². The van der Waals surface area contributed by atoms with E-state index in [4.69, 9.17) is 9.47 Å². The van der Waals surface area contributed by atoms with Crippen LogP contribution in [0.3, 0.4) is 0 Å². The first-order valence-corrected chi connectivity index (χ1v) is 8.63. The first-order chi connectivity index (χ1) is 12.4. The zero-order valence-corrected chi connectivity index (χ0v) is 14.4. The number of hydrogen-bond acceptors (Lipinski definition) is 5. The maximum absolute atomic E-state index is 13.1. The molecular weight excluding hydrogens is 340 g/mol. The van der Waals surface area contributed by atoms with Crippen LogP contribution in [0.15, 0.2) is 18.2 Å². The van der Waals surface area contributed by atoms with Crippen molar-refractivity contribution in [2.24, 2.45) is 11.3 Å². The summed E-state index contributed by atoms with van der Waals surface area (Å²) in [5.74, 6) is -1.33. The number of aliphatic carboxylic acids is 1. The number of hydrogen-bond donors (Lipinski definition) is 2. The highest BCUT2D eigenvalue weighted by molar-refractivity contribution is 6.04. The molecule has 1 unspecified atom stereocenters. The van der Waals surface area contributed by atoms with Crippen LogP contribution >= 0.6 is 0 Å². The smallest absolute Gasteiger partial charge is 0.311 e. The third-order valence-electron chi connectivity index (χ3n) is 5.59. The summed E-state index contributed by atoms with van der Waals surface area (Å²) in [6, 6.07) is 4.98. The third-order valence-corrected chi connectivity index (χ3v) is 5.59. The molecule has 138 valence electrons. The lowest BCUT2D eigenvalue weighted by molar-refractivity contribution is -0.157. The predicted octanol–water partition coefficient (Wildman–Crippen LogP) is 0.969. The molecule has 0 aliphatic carbocycles. The van der Waals surface area contributed by atoms with E-state index < -0.39 is 17.5 Å². The number of carbonyl (C=O) groups is 3. The van der Waals surface area contributed by atoms with E-state index in [1.807, 2.05) is 0 Å². The Morgan fingerprint density at radius 2 is 2.19 bits per heavy atom. The van der Waals surface area contributed by atoms with Crippen LogP contribution in [0, 0.1) is 11.3 Å². The largest absolute Gasteiger partial charge is 0.481 e. The molecule has 8 heteroatoms. The Bertz CT molecular complexity index is 794. The van der Waals surface area contributed by atoms with E-state index in [0.29, 0.717) is 43.2 Å². The van der Waals surface area contributed by atoms with Gasteiger partial charge in [-0.15, -0.1) is 0 Å². The van der Waals surface area contributed by atoms with E-state index in [-0.39, 0.29) is 24.3 Å². The fourth-order valence-electron chi connectivity index (χ4n) is 4.02. The Labute approximate surface area is 150 Å². The molecule has 1 aromatic rings. The maximum Gasteiger partial charge on any atom is 0.311 e. The van der Waals surface area contributed by atoms with E-state index in [9.17, 15) is 19.5 Å². The van der Waals surface area contributed by atoms with Gasteiger partial charge in [0.1, 0.15) is 0 Å². The zero-order chi connectivity index (χ0) is 18.5. The molecule has 0 bridgehead atoms. The van der Waals surface area contributed by atoms with E-state index in [2.05, 4.69) is 5.32 Å². The van der Waals surface area contributed by atoms with Crippen LogP contribution in [0.5, 0.6) is 5.75 Å². The second kappa shape index (κ2) is 5.98. The van der Waals surface area contributed by atoms with Crippen LogP contribution in [-0.2, 0) is 14.3 Å². The number of anilines is 1. The normalized spacial score (nSPS) is 30.0. The van der Waals surface area contributed by atoms with Gasteiger partial charge in [0.2, 0.25) is 0 Å². The second-order valence-corrected chi connectivity index (χ2v) is 7.10. The lowest BCUT2D eigenvalue weighted by Gasteiger charge is -2.33. The van der Waals surface area contributed by atoms with Crippen molar-refractivity contribution in [2.75, 3.05) is 31.6 Å². The lowest BCUT2D eigenvalue weighted by atomic mass is 9.74. The van der Waals surface area contributed by atoms with Gasteiger partial charge in [0.15, 0.2) is 11.9 Å². The Morgan fingerprint density at radius 3 is 2.92 bits per heavy atom. The highest BCUT2D eigenvalue weighted by atomic mass is 16.5. The van der Waals surface area contributed by atoms with Crippen LogP contribution in [0.25, 0.3) is 0 Å². The van der Waals surface area contributed by atoms with Gasteiger partial charge >= 0.3 is 5.97 Å². The molecule has 4 rings (SSSR count). The quantitative estimate of drug-likeness (QED) is 0.814. The van der Waals surface area contributed by atoms with Crippen LogP contribution in [0.4, 0.5) is 5.69 Å². The highest BCUT2D eigenvalue weighted by Gasteiger charge is 2.55. The van der Waals surface area contributed by atoms with Gasteiger partial charge in [-0.1, -0.05) is 6.07 Å². The number of ether oxygens (including phenoxy) is 2. The Morgan fingerprint density at radius 1 is 1.38 bits per heavy atom. The monoisotopic (exact) mass is 360 g/mol. The van der Waals surface area contributed by atoms with Crippen molar-refractivity contribution < 1.29 is 29.0 Å². The van der Waals surface area contributed by atoms with Crippen molar-refractivity contribution in [3.63, 3.8) is 0 Å². The molecular formula is C18H20N2O6. The number of fused-ring (bicyclic) bond motifs is 2. The van der Waals surface area contributed by atoms with Crippen LogP contribution < -0.4 is 10.1 Å². The number of nitrogens with one attached hydrogen (secondary N) is 1. The summed E-state index contributed by atoms with van der Waals surface area (Å²) in [7, 11) is 0. The summed E-state index contributed by atoms with van der Waals surface area (Å²) >= 11 is 0. The summed E-state index contributed by atoms with van der Waals surface area (Å²) in [5.41, 5.74) is -0.174. The van der Waals surface area contributed by atoms with E-state index in [0.717, 1.165) is 0 Å². The summed E-state index contributed by atoms with van der Waals surface area (Å²) in [5, 5.41) is 12.5. The number of rotatable bonds is 2. The molecule has 0 saturated carbocycles. The SMILES string of the molecule is CC1Oc2c(cccc2C(=O)N2C[C@H]3COCC[C@@]3(C(=O)O)C2)NC1=O. The van der Waals surface area contributed by atoms with Gasteiger partial charge in [0.25, 0.3) is 11.8 Å². The lowest BCUT2D eigenvalue weighted by Crippen LogP contribution is -2.45. The summed E-state index contributed by atoms with van der Waals surface area (Å²) in [4.78, 5) is 38.4. The number of nitrogens with zero attached hydrogens (tertiary/aromatic N) is 1. The van der Waals surface area contributed by atoms with Crippen LogP contribution in [-0.4, -0.2) is 60.2 Å². The number of para-hydroxylation sites is 1. The Balaban J connectivity index is 1.65. The van der Waals surface area contributed by atoms with Gasteiger partial charge in [-0.2, -0.15) is 0 Å². The molecule has 2 N–H and O–H groups in total. The van der Waals surface area contributed by atoms with E-state index >= 15 is 0 Å². The van der Waals surface area contributed by atoms with Crippen LogP contribution in [0.2, 0.25) is 0 Å². The predicted molar refractivity (Wildman–Crippen MR) is 90.1 cm³/mol. The standard InChI is InChI=1S/C18H20N2O6/c1-10-15(21)19-13-4-2-3-12(14(13)26-10)16(22)20-7-11-8-25-6-5-18(11,9-20)17(23)24/h2-4,10-11H,5-9H2,1H3,(H,19,21)(H,23,24)/t10?,11-,18+/m0/s1. The Hall–Kier alpha value is -2.61. The molecule has 26 heavy (non-hydrogen) atoms. The van der Waals surface area contributed by atoms with Crippen molar-refractivity contribution in [2.45, 2.75) is 19.4 Å².